The maximum absolute atomic E-state index is 11.8. The lowest BCUT2D eigenvalue weighted by atomic mass is 10.0. The SMILES string of the molecule is O=C(NCCCN1CCCC1)C1CCCCN1. The molecule has 0 bridgehead atoms. The molecule has 1 atom stereocenters. The van der Waals surface area contributed by atoms with Crippen LogP contribution in [0.1, 0.15) is 38.5 Å². The minimum absolute atomic E-state index is 0.0653. The molecular formula is C13H25N3O. The third-order valence-electron chi connectivity index (χ3n) is 3.78. The molecule has 0 aliphatic carbocycles. The van der Waals surface area contributed by atoms with Gasteiger partial charge < -0.3 is 15.5 Å². The Morgan fingerprint density at radius 2 is 2.06 bits per heavy atom. The van der Waals surface area contributed by atoms with Crippen LogP contribution in [0.15, 0.2) is 0 Å². The predicted molar refractivity (Wildman–Crippen MR) is 68.9 cm³/mol. The Hall–Kier alpha value is -0.610. The number of amides is 1. The van der Waals surface area contributed by atoms with Crippen LogP contribution in [0.25, 0.3) is 0 Å². The predicted octanol–water partition coefficient (Wildman–Crippen LogP) is 0.731. The second-order valence-corrected chi connectivity index (χ2v) is 5.20. The van der Waals surface area contributed by atoms with Crippen LogP contribution >= 0.6 is 0 Å². The third-order valence-corrected chi connectivity index (χ3v) is 3.78. The highest BCUT2D eigenvalue weighted by atomic mass is 16.2. The average Bonchev–Trinajstić information content (AvgIpc) is 2.88. The summed E-state index contributed by atoms with van der Waals surface area (Å²) in [5, 5.41) is 6.33. The summed E-state index contributed by atoms with van der Waals surface area (Å²) < 4.78 is 0. The summed E-state index contributed by atoms with van der Waals surface area (Å²) in [4.78, 5) is 14.3. The fourth-order valence-electron chi connectivity index (χ4n) is 2.72. The summed E-state index contributed by atoms with van der Waals surface area (Å²) >= 11 is 0. The third kappa shape index (κ3) is 4.28. The molecule has 2 N–H and O–H groups in total. The second-order valence-electron chi connectivity index (χ2n) is 5.20. The van der Waals surface area contributed by atoms with Gasteiger partial charge in [0.1, 0.15) is 0 Å². The van der Waals surface area contributed by atoms with Gasteiger partial charge in [0.25, 0.3) is 0 Å². The van der Waals surface area contributed by atoms with Gasteiger partial charge >= 0.3 is 0 Å². The normalized spacial score (nSPS) is 26.0. The van der Waals surface area contributed by atoms with Crippen LogP contribution in [0.2, 0.25) is 0 Å². The first kappa shape index (κ1) is 12.8. The maximum Gasteiger partial charge on any atom is 0.237 e. The fraction of sp³-hybridized carbons (Fsp3) is 0.923. The standard InChI is InChI=1S/C13H25N3O/c17-13(12-6-1-2-7-14-12)15-8-5-11-16-9-3-4-10-16/h12,14H,1-11H2,(H,15,17). The van der Waals surface area contributed by atoms with Crippen LogP contribution in [0.3, 0.4) is 0 Å². The maximum atomic E-state index is 11.8. The van der Waals surface area contributed by atoms with Gasteiger partial charge in [-0.1, -0.05) is 6.42 Å². The quantitative estimate of drug-likeness (QED) is 0.695. The van der Waals surface area contributed by atoms with Crippen molar-refractivity contribution in [1.82, 2.24) is 15.5 Å². The lowest BCUT2D eigenvalue weighted by Gasteiger charge is -2.22. The Kier molecular flexibility index (Phi) is 5.26. The molecule has 1 amide bonds. The lowest BCUT2D eigenvalue weighted by Crippen LogP contribution is -2.47. The summed E-state index contributed by atoms with van der Waals surface area (Å²) in [7, 11) is 0. The van der Waals surface area contributed by atoms with Gasteiger partial charge in [-0.15, -0.1) is 0 Å². The molecule has 0 radical (unpaired) electrons. The molecule has 2 saturated heterocycles. The van der Waals surface area contributed by atoms with Crippen molar-refractivity contribution < 1.29 is 4.79 Å². The van der Waals surface area contributed by atoms with E-state index in [4.69, 9.17) is 0 Å². The number of carbonyl (C=O) groups excluding carboxylic acids is 1. The zero-order valence-electron chi connectivity index (χ0n) is 10.7. The summed E-state index contributed by atoms with van der Waals surface area (Å²) in [5.74, 6) is 0.200. The molecule has 2 rings (SSSR count). The van der Waals surface area contributed by atoms with E-state index in [1.807, 2.05) is 0 Å². The van der Waals surface area contributed by atoms with E-state index in [0.717, 1.165) is 32.5 Å². The van der Waals surface area contributed by atoms with Crippen molar-refractivity contribution in [2.45, 2.75) is 44.6 Å². The van der Waals surface area contributed by atoms with Crippen molar-refractivity contribution in [3.63, 3.8) is 0 Å². The minimum atomic E-state index is 0.0653. The van der Waals surface area contributed by atoms with Crippen molar-refractivity contribution in [2.75, 3.05) is 32.7 Å². The number of piperidine rings is 1. The summed E-state index contributed by atoms with van der Waals surface area (Å²) in [6.45, 7) is 5.45. The van der Waals surface area contributed by atoms with E-state index in [0.29, 0.717) is 0 Å². The van der Waals surface area contributed by atoms with Gasteiger partial charge in [-0.2, -0.15) is 0 Å². The number of hydrogen-bond acceptors (Lipinski definition) is 3. The second kappa shape index (κ2) is 6.97. The Labute approximate surface area is 104 Å². The number of carbonyl (C=O) groups is 1. The van der Waals surface area contributed by atoms with E-state index in [2.05, 4.69) is 15.5 Å². The van der Waals surface area contributed by atoms with Crippen molar-refractivity contribution in [1.29, 1.82) is 0 Å². The number of likely N-dealkylation sites (tertiary alicyclic amines) is 1. The molecule has 4 heteroatoms. The highest BCUT2D eigenvalue weighted by Crippen LogP contribution is 2.08. The first-order valence-electron chi connectivity index (χ1n) is 7.10. The zero-order chi connectivity index (χ0) is 11.9. The summed E-state index contributed by atoms with van der Waals surface area (Å²) in [6, 6.07) is 0.0653. The monoisotopic (exact) mass is 239 g/mol. The van der Waals surface area contributed by atoms with E-state index in [9.17, 15) is 4.79 Å². The van der Waals surface area contributed by atoms with Crippen LogP contribution < -0.4 is 10.6 Å². The first-order chi connectivity index (χ1) is 8.36. The highest BCUT2D eigenvalue weighted by molar-refractivity contribution is 5.81. The molecule has 0 aromatic heterocycles. The molecule has 17 heavy (non-hydrogen) atoms. The molecule has 2 aliphatic heterocycles. The van der Waals surface area contributed by atoms with Crippen LogP contribution in [-0.2, 0) is 4.79 Å². The summed E-state index contributed by atoms with van der Waals surface area (Å²) in [6.07, 6.45) is 7.16. The van der Waals surface area contributed by atoms with Crippen molar-refractivity contribution >= 4 is 5.91 Å². The van der Waals surface area contributed by atoms with Gasteiger partial charge in [-0.25, -0.2) is 0 Å². The number of nitrogens with one attached hydrogen (secondary N) is 2. The Bertz CT molecular complexity index is 233. The van der Waals surface area contributed by atoms with Crippen LogP contribution in [0, 0.1) is 0 Å². The molecule has 4 nitrogen and oxygen atoms in total. The average molecular weight is 239 g/mol. The van der Waals surface area contributed by atoms with Crippen molar-refractivity contribution in [2.24, 2.45) is 0 Å². The molecule has 2 aliphatic rings. The largest absolute Gasteiger partial charge is 0.355 e. The molecule has 98 valence electrons. The Morgan fingerprint density at radius 3 is 2.76 bits per heavy atom. The molecule has 0 aromatic rings. The minimum Gasteiger partial charge on any atom is -0.355 e. The number of nitrogens with zero attached hydrogens (tertiary/aromatic N) is 1. The number of rotatable bonds is 5. The number of hydrogen-bond donors (Lipinski definition) is 2. The molecule has 2 heterocycles. The van der Waals surface area contributed by atoms with Gasteiger partial charge in [-0.05, 0) is 58.3 Å². The molecule has 0 spiro atoms. The zero-order valence-corrected chi connectivity index (χ0v) is 10.7. The van der Waals surface area contributed by atoms with E-state index < -0.39 is 0 Å². The molecule has 0 saturated carbocycles. The van der Waals surface area contributed by atoms with Gasteiger partial charge in [0, 0.05) is 6.54 Å². The van der Waals surface area contributed by atoms with E-state index in [1.165, 1.54) is 38.8 Å². The lowest BCUT2D eigenvalue weighted by molar-refractivity contribution is -0.123. The molecular weight excluding hydrogens is 214 g/mol. The van der Waals surface area contributed by atoms with Crippen LogP contribution in [0.4, 0.5) is 0 Å². The first-order valence-corrected chi connectivity index (χ1v) is 7.10. The van der Waals surface area contributed by atoms with Gasteiger partial charge in [0.05, 0.1) is 6.04 Å². The van der Waals surface area contributed by atoms with Crippen molar-refractivity contribution in [3.05, 3.63) is 0 Å². The molecule has 0 aromatic carbocycles. The van der Waals surface area contributed by atoms with Crippen molar-refractivity contribution in [3.8, 4) is 0 Å². The smallest absolute Gasteiger partial charge is 0.237 e. The van der Waals surface area contributed by atoms with Crippen LogP contribution in [0.5, 0.6) is 0 Å². The topological polar surface area (TPSA) is 44.4 Å². The fourth-order valence-corrected chi connectivity index (χ4v) is 2.72. The van der Waals surface area contributed by atoms with E-state index in [-0.39, 0.29) is 11.9 Å². The molecule has 2 fully saturated rings. The van der Waals surface area contributed by atoms with Gasteiger partial charge in [0.2, 0.25) is 5.91 Å². The van der Waals surface area contributed by atoms with Gasteiger partial charge in [0.15, 0.2) is 0 Å². The van der Waals surface area contributed by atoms with Gasteiger partial charge in [-0.3, -0.25) is 4.79 Å². The Morgan fingerprint density at radius 1 is 1.24 bits per heavy atom. The van der Waals surface area contributed by atoms with Crippen LogP contribution in [-0.4, -0.2) is 49.6 Å². The summed E-state index contributed by atoms with van der Waals surface area (Å²) in [5.41, 5.74) is 0. The Balaban J connectivity index is 1.53. The molecule has 1 unspecified atom stereocenters. The van der Waals surface area contributed by atoms with E-state index >= 15 is 0 Å². The van der Waals surface area contributed by atoms with E-state index in [1.54, 1.807) is 0 Å². The highest BCUT2D eigenvalue weighted by Gasteiger charge is 2.19.